The normalized spacial score (nSPS) is 13.9. The summed E-state index contributed by atoms with van der Waals surface area (Å²) in [5, 5.41) is 29.0. The summed E-state index contributed by atoms with van der Waals surface area (Å²) in [6.45, 7) is 3.73. The molecule has 0 unspecified atom stereocenters. The third-order valence-corrected chi connectivity index (χ3v) is 6.26. The van der Waals surface area contributed by atoms with Gasteiger partial charge in [0.15, 0.2) is 0 Å². The van der Waals surface area contributed by atoms with Crippen molar-refractivity contribution in [3.8, 4) is 11.3 Å². The molecule has 0 bridgehead atoms. The van der Waals surface area contributed by atoms with E-state index in [1.54, 1.807) is 6.08 Å². The lowest BCUT2D eigenvalue weighted by molar-refractivity contribution is -0.137. The average Bonchev–Trinajstić information content (AvgIpc) is 2.75. The lowest BCUT2D eigenvalue weighted by Crippen LogP contribution is -2.27. The third kappa shape index (κ3) is 7.57. The van der Waals surface area contributed by atoms with Crippen LogP contribution in [-0.2, 0) is 14.8 Å². The van der Waals surface area contributed by atoms with Gasteiger partial charge in [-0.1, -0.05) is 26.0 Å². The maximum absolute atomic E-state index is 13.5. The molecule has 0 aliphatic heterocycles. The Morgan fingerprint density at radius 1 is 1.18 bits per heavy atom. The van der Waals surface area contributed by atoms with Gasteiger partial charge in [-0.3, -0.25) is 4.79 Å². The van der Waals surface area contributed by atoms with E-state index in [2.05, 4.69) is 9.97 Å². The van der Waals surface area contributed by atoms with Crippen LogP contribution in [0, 0.1) is 5.82 Å². The average molecular weight is 496 g/mol. The minimum absolute atomic E-state index is 0.00788. The monoisotopic (exact) mass is 495 g/mol. The Kier molecular flexibility index (Phi) is 9.25. The molecule has 3 N–H and O–H groups in total. The Morgan fingerprint density at radius 3 is 2.32 bits per heavy atom. The van der Waals surface area contributed by atoms with E-state index in [1.807, 2.05) is 13.8 Å². The molecule has 11 heteroatoms. The number of rotatable bonds is 11. The van der Waals surface area contributed by atoms with Gasteiger partial charge in [-0.15, -0.1) is 0 Å². The van der Waals surface area contributed by atoms with Gasteiger partial charge >= 0.3 is 5.97 Å². The maximum atomic E-state index is 13.5. The SMILES string of the molecule is CC(C)c1nc(N(C)S(C)(=O)=O)nc(-c2ccc(F)cc2)c1C=C[C@@H](O)C[C@H](O)CCC(=O)O. The van der Waals surface area contributed by atoms with Gasteiger partial charge < -0.3 is 15.3 Å². The number of carbonyl (C=O) groups is 1. The van der Waals surface area contributed by atoms with Gasteiger partial charge in [-0.2, -0.15) is 0 Å². The van der Waals surface area contributed by atoms with Crippen molar-refractivity contribution in [1.82, 2.24) is 9.97 Å². The summed E-state index contributed by atoms with van der Waals surface area (Å²) in [6, 6.07) is 5.53. The fourth-order valence-electron chi connectivity index (χ4n) is 3.17. The first-order valence-corrected chi connectivity index (χ1v) is 12.5. The van der Waals surface area contributed by atoms with Gasteiger partial charge in [0.05, 0.1) is 29.9 Å². The minimum Gasteiger partial charge on any atom is -0.481 e. The van der Waals surface area contributed by atoms with Crippen molar-refractivity contribution in [2.75, 3.05) is 17.6 Å². The number of sulfonamides is 1. The smallest absolute Gasteiger partial charge is 0.303 e. The molecule has 186 valence electrons. The Labute approximate surface area is 198 Å². The molecule has 0 radical (unpaired) electrons. The molecule has 0 saturated heterocycles. The summed E-state index contributed by atoms with van der Waals surface area (Å²) < 4.78 is 38.7. The zero-order chi connectivity index (χ0) is 25.6. The highest BCUT2D eigenvalue weighted by molar-refractivity contribution is 7.92. The van der Waals surface area contributed by atoms with Gasteiger partial charge in [-0.05, 0) is 36.6 Å². The van der Waals surface area contributed by atoms with Crippen LogP contribution >= 0.6 is 0 Å². The Balaban J connectivity index is 2.54. The van der Waals surface area contributed by atoms with E-state index < -0.39 is 34.0 Å². The van der Waals surface area contributed by atoms with Crippen LogP contribution in [0.1, 0.15) is 50.3 Å². The molecule has 1 heterocycles. The van der Waals surface area contributed by atoms with Gasteiger partial charge in [0, 0.05) is 31.0 Å². The highest BCUT2D eigenvalue weighted by atomic mass is 32.2. The van der Waals surface area contributed by atoms with E-state index in [-0.39, 0.29) is 31.1 Å². The van der Waals surface area contributed by atoms with Gasteiger partial charge in [0.2, 0.25) is 16.0 Å². The Hall–Kier alpha value is -2.89. The van der Waals surface area contributed by atoms with Crippen molar-refractivity contribution in [1.29, 1.82) is 0 Å². The largest absolute Gasteiger partial charge is 0.481 e. The second-order valence-corrected chi connectivity index (χ2v) is 10.3. The van der Waals surface area contributed by atoms with E-state index in [0.717, 1.165) is 10.6 Å². The summed E-state index contributed by atoms with van der Waals surface area (Å²) >= 11 is 0. The molecular weight excluding hydrogens is 465 g/mol. The second kappa shape index (κ2) is 11.5. The molecule has 0 fully saturated rings. The highest BCUT2D eigenvalue weighted by Crippen LogP contribution is 2.31. The number of aliphatic hydroxyl groups excluding tert-OH is 2. The maximum Gasteiger partial charge on any atom is 0.303 e. The van der Waals surface area contributed by atoms with E-state index >= 15 is 0 Å². The summed E-state index contributed by atoms with van der Waals surface area (Å²) in [6.07, 6.45) is 1.68. The molecule has 2 atom stereocenters. The third-order valence-electron chi connectivity index (χ3n) is 5.10. The Morgan fingerprint density at radius 2 is 1.79 bits per heavy atom. The van der Waals surface area contributed by atoms with E-state index in [4.69, 9.17) is 5.11 Å². The minimum atomic E-state index is -3.65. The lowest BCUT2D eigenvalue weighted by Gasteiger charge is -2.20. The number of hydrogen-bond acceptors (Lipinski definition) is 7. The first-order chi connectivity index (χ1) is 15.8. The van der Waals surface area contributed by atoms with Crippen LogP contribution in [-0.4, -0.2) is 65.2 Å². The lowest BCUT2D eigenvalue weighted by atomic mass is 9.97. The molecule has 2 rings (SSSR count). The molecule has 0 aliphatic rings. The number of aromatic nitrogens is 2. The van der Waals surface area contributed by atoms with Gasteiger partial charge in [-0.25, -0.2) is 27.1 Å². The van der Waals surface area contributed by atoms with E-state index in [0.29, 0.717) is 22.5 Å². The molecule has 0 amide bonds. The first kappa shape index (κ1) is 27.4. The number of aliphatic carboxylic acids is 1. The van der Waals surface area contributed by atoms with Crippen LogP contribution in [0.2, 0.25) is 0 Å². The molecule has 1 aromatic heterocycles. The van der Waals surface area contributed by atoms with Crippen LogP contribution in [0.15, 0.2) is 30.3 Å². The van der Waals surface area contributed by atoms with Crippen molar-refractivity contribution in [3.63, 3.8) is 0 Å². The summed E-state index contributed by atoms with van der Waals surface area (Å²) in [7, 11) is -2.31. The highest BCUT2D eigenvalue weighted by Gasteiger charge is 2.22. The molecule has 9 nitrogen and oxygen atoms in total. The zero-order valence-corrected chi connectivity index (χ0v) is 20.3. The predicted molar refractivity (Wildman–Crippen MR) is 127 cm³/mol. The Bertz CT molecular complexity index is 1140. The number of carboxylic acid groups (broad SMARTS) is 1. The number of anilines is 1. The van der Waals surface area contributed by atoms with E-state index in [9.17, 15) is 27.8 Å². The topological polar surface area (TPSA) is 141 Å². The van der Waals surface area contributed by atoms with Crippen molar-refractivity contribution < 1.29 is 32.9 Å². The summed E-state index contributed by atoms with van der Waals surface area (Å²) in [5.41, 5.74) is 1.88. The number of halogens is 1. The number of benzene rings is 1. The zero-order valence-electron chi connectivity index (χ0n) is 19.5. The van der Waals surface area contributed by atoms with Crippen LogP contribution < -0.4 is 4.31 Å². The molecule has 2 aromatic rings. The predicted octanol–water partition coefficient (Wildman–Crippen LogP) is 2.79. The van der Waals surface area contributed by atoms with Gasteiger partial charge in [0.1, 0.15) is 5.82 Å². The summed E-state index contributed by atoms with van der Waals surface area (Å²) in [4.78, 5) is 19.5. The number of aliphatic hydroxyl groups is 2. The fraction of sp³-hybridized carbons (Fsp3) is 0.435. The summed E-state index contributed by atoms with van der Waals surface area (Å²) in [5.74, 6) is -1.69. The molecule has 0 spiro atoms. The van der Waals surface area contributed by atoms with Crippen molar-refractivity contribution in [2.45, 2.75) is 51.2 Å². The molecule has 0 saturated carbocycles. The van der Waals surface area contributed by atoms with Gasteiger partial charge in [0.25, 0.3) is 0 Å². The van der Waals surface area contributed by atoms with Crippen LogP contribution in [0.25, 0.3) is 17.3 Å². The van der Waals surface area contributed by atoms with Crippen molar-refractivity contribution in [2.24, 2.45) is 0 Å². The molecule has 0 aliphatic carbocycles. The van der Waals surface area contributed by atoms with E-state index in [1.165, 1.54) is 37.4 Å². The molecule has 1 aromatic carbocycles. The second-order valence-electron chi connectivity index (χ2n) is 8.31. The molecule has 34 heavy (non-hydrogen) atoms. The quantitative estimate of drug-likeness (QED) is 0.432. The number of carboxylic acids is 1. The van der Waals surface area contributed by atoms with Crippen LogP contribution in [0.3, 0.4) is 0 Å². The van der Waals surface area contributed by atoms with Crippen LogP contribution in [0.5, 0.6) is 0 Å². The molecular formula is C23H30FN3O6S. The first-order valence-electron chi connectivity index (χ1n) is 10.7. The van der Waals surface area contributed by atoms with Crippen LogP contribution in [0.4, 0.5) is 10.3 Å². The van der Waals surface area contributed by atoms with Crippen molar-refractivity contribution in [3.05, 3.63) is 47.4 Å². The number of nitrogens with zero attached hydrogens (tertiary/aromatic N) is 3. The van der Waals surface area contributed by atoms with Crippen molar-refractivity contribution >= 4 is 28.0 Å². The number of hydrogen-bond donors (Lipinski definition) is 3. The standard InChI is InChI=1S/C23H30FN3O6S/c1-14(2)21-19(11-9-17(28)13-18(29)10-12-20(30)31)22(15-5-7-16(24)8-6-15)26-23(25-21)27(3)34(4,32)33/h5-9,11,14,17-18,28-29H,10,12-13H2,1-4H3,(H,30,31)/t17-,18-/m1/s1. The fourth-order valence-corrected chi connectivity index (χ4v) is 3.55.